The minimum Gasteiger partial charge on any atom is -0.489 e. The molecule has 0 N–H and O–H groups in total. The minimum atomic E-state index is 0.0111. The van der Waals surface area contributed by atoms with Gasteiger partial charge in [-0.25, -0.2) is 0 Å². The summed E-state index contributed by atoms with van der Waals surface area (Å²) in [5.41, 5.74) is 1.78. The highest BCUT2D eigenvalue weighted by molar-refractivity contribution is 5.94. The van der Waals surface area contributed by atoms with Crippen LogP contribution in [0.1, 0.15) is 22.8 Å². The van der Waals surface area contributed by atoms with Crippen LogP contribution in [-0.2, 0) is 6.61 Å². The Morgan fingerprint density at radius 1 is 1.14 bits per heavy atom. The topological polar surface area (TPSA) is 29.5 Å². The number of rotatable bonds is 7. The van der Waals surface area contributed by atoms with Crippen molar-refractivity contribution in [2.75, 3.05) is 13.1 Å². The number of hydrogen-bond acceptors (Lipinski definition) is 2. The van der Waals surface area contributed by atoms with Gasteiger partial charge in [0, 0.05) is 18.7 Å². The van der Waals surface area contributed by atoms with Crippen molar-refractivity contribution in [1.82, 2.24) is 4.90 Å². The molecule has 3 nitrogen and oxygen atoms in total. The summed E-state index contributed by atoms with van der Waals surface area (Å²) in [6, 6.07) is 17.3. The van der Waals surface area contributed by atoms with Crippen LogP contribution in [0.4, 0.5) is 0 Å². The fourth-order valence-electron chi connectivity index (χ4n) is 2.13. The number of carbonyl (C=O) groups is 1. The molecule has 0 aliphatic rings. The molecule has 0 spiro atoms. The van der Waals surface area contributed by atoms with Crippen LogP contribution in [-0.4, -0.2) is 23.9 Å². The fourth-order valence-corrected chi connectivity index (χ4v) is 2.13. The third-order valence-corrected chi connectivity index (χ3v) is 3.37. The van der Waals surface area contributed by atoms with Gasteiger partial charge in [0.2, 0.25) is 0 Å². The molecule has 0 bridgehead atoms. The first-order chi connectivity index (χ1) is 10.7. The molecule has 0 fully saturated rings. The maximum absolute atomic E-state index is 12.3. The maximum atomic E-state index is 12.3. The molecule has 0 unspecified atom stereocenters. The Morgan fingerprint density at radius 3 is 2.41 bits per heavy atom. The molecule has 1 amide bonds. The molecule has 0 radical (unpaired) electrons. The van der Waals surface area contributed by atoms with Crippen LogP contribution in [0.25, 0.3) is 0 Å². The lowest BCUT2D eigenvalue weighted by molar-refractivity contribution is 0.0782. The van der Waals surface area contributed by atoms with Crippen LogP contribution in [0, 0.1) is 0 Å². The average molecular weight is 295 g/mol. The van der Waals surface area contributed by atoms with Crippen molar-refractivity contribution < 1.29 is 9.53 Å². The largest absolute Gasteiger partial charge is 0.489 e. The molecule has 0 saturated heterocycles. The van der Waals surface area contributed by atoms with E-state index in [4.69, 9.17) is 4.74 Å². The van der Waals surface area contributed by atoms with Gasteiger partial charge in [0.15, 0.2) is 0 Å². The SMILES string of the molecule is C=CCN(CC)C(=O)c1ccc(OCc2ccccc2)cc1. The number of ether oxygens (including phenoxy) is 1. The zero-order valence-electron chi connectivity index (χ0n) is 12.9. The van der Waals surface area contributed by atoms with E-state index in [1.165, 1.54) is 0 Å². The number of hydrogen-bond donors (Lipinski definition) is 0. The van der Waals surface area contributed by atoms with E-state index in [2.05, 4.69) is 6.58 Å². The first-order valence-electron chi connectivity index (χ1n) is 7.41. The van der Waals surface area contributed by atoms with E-state index >= 15 is 0 Å². The highest BCUT2D eigenvalue weighted by Gasteiger charge is 2.12. The van der Waals surface area contributed by atoms with Gasteiger partial charge in [-0.3, -0.25) is 4.79 Å². The Balaban J connectivity index is 1.97. The fraction of sp³-hybridized carbons (Fsp3) is 0.211. The first-order valence-corrected chi connectivity index (χ1v) is 7.41. The zero-order valence-corrected chi connectivity index (χ0v) is 12.9. The molecule has 22 heavy (non-hydrogen) atoms. The molecular weight excluding hydrogens is 274 g/mol. The molecule has 2 aromatic carbocycles. The summed E-state index contributed by atoms with van der Waals surface area (Å²) >= 11 is 0. The summed E-state index contributed by atoms with van der Waals surface area (Å²) in [7, 11) is 0. The molecule has 0 saturated carbocycles. The van der Waals surface area contributed by atoms with Crippen LogP contribution in [0.2, 0.25) is 0 Å². The van der Waals surface area contributed by atoms with E-state index in [0.29, 0.717) is 25.3 Å². The summed E-state index contributed by atoms with van der Waals surface area (Å²) in [5.74, 6) is 0.768. The zero-order chi connectivity index (χ0) is 15.8. The van der Waals surface area contributed by atoms with Gasteiger partial charge in [0.1, 0.15) is 12.4 Å². The Kier molecular flexibility index (Phi) is 5.78. The monoisotopic (exact) mass is 295 g/mol. The highest BCUT2D eigenvalue weighted by atomic mass is 16.5. The van der Waals surface area contributed by atoms with Crippen molar-refractivity contribution in [3.63, 3.8) is 0 Å². The average Bonchev–Trinajstić information content (AvgIpc) is 2.58. The van der Waals surface area contributed by atoms with E-state index in [1.54, 1.807) is 23.1 Å². The van der Waals surface area contributed by atoms with Crippen LogP contribution in [0.5, 0.6) is 5.75 Å². The summed E-state index contributed by atoms with van der Waals surface area (Å²) in [6.45, 7) is 7.38. The molecule has 0 heterocycles. The van der Waals surface area contributed by atoms with Gasteiger partial charge in [-0.2, -0.15) is 0 Å². The molecule has 2 aromatic rings. The Labute approximate surface area is 131 Å². The second-order valence-electron chi connectivity index (χ2n) is 4.93. The van der Waals surface area contributed by atoms with Gasteiger partial charge in [-0.15, -0.1) is 6.58 Å². The molecule has 114 valence electrons. The second-order valence-corrected chi connectivity index (χ2v) is 4.93. The van der Waals surface area contributed by atoms with E-state index < -0.39 is 0 Å². The molecule has 0 aliphatic carbocycles. The maximum Gasteiger partial charge on any atom is 0.254 e. The third kappa shape index (κ3) is 4.22. The molecular formula is C19H21NO2. The number of benzene rings is 2. The van der Waals surface area contributed by atoms with Crippen molar-refractivity contribution in [3.05, 3.63) is 78.4 Å². The van der Waals surface area contributed by atoms with Crippen LogP contribution in [0.15, 0.2) is 67.3 Å². The first kappa shape index (κ1) is 15.8. The number of amides is 1. The van der Waals surface area contributed by atoms with Crippen LogP contribution in [0.3, 0.4) is 0 Å². The highest BCUT2D eigenvalue weighted by Crippen LogP contribution is 2.15. The molecule has 0 atom stereocenters. The predicted octanol–water partition coefficient (Wildman–Crippen LogP) is 3.91. The summed E-state index contributed by atoms with van der Waals surface area (Å²) < 4.78 is 5.72. The van der Waals surface area contributed by atoms with Crippen LogP contribution < -0.4 is 4.74 Å². The van der Waals surface area contributed by atoms with Gasteiger partial charge in [0.05, 0.1) is 0 Å². The van der Waals surface area contributed by atoms with Gasteiger partial charge in [0.25, 0.3) is 5.91 Å². The van der Waals surface area contributed by atoms with E-state index in [1.807, 2.05) is 49.4 Å². The Bertz CT molecular complexity index is 605. The Hall–Kier alpha value is -2.55. The van der Waals surface area contributed by atoms with Gasteiger partial charge in [-0.05, 0) is 36.8 Å². The van der Waals surface area contributed by atoms with Gasteiger partial charge < -0.3 is 9.64 Å². The smallest absolute Gasteiger partial charge is 0.254 e. The number of nitrogens with zero attached hydrogens (tertiary/aromatic N) is 1. The van der Waals surface area contributed by atoms with Crippen molar-refractivity contribution in [1.29, 1.82) is 0 Å². The normalized spacial score (nSPS) is 10.0. The van der Waals surface area contributed by atoms with Crippen LogP contribution >= 0.6 is 0 Å². The minimum absolute atomic E-state index is 0.0111. The van der Waals surface area contributed by atoms with E-state index in [-0.39, 0.29) is 5.91 Å². The van der Waals surface area contributed by atoms with Crippen molar-refractivity contribution in [2.45, 2.75) is 13.5 Å². The van der Waals surface area contributed by atoms with E-state index in [0.717, 1.165) is 11.3 Å². The number of carbonyl (C=O) groups excluding carboxylic acids is 1. The quantitative estimate of drug-likeness (QED) is 0.725. The van der Waals surface area contributed by atoms with Gasteiger partial charge in [-0.1, -0.05) is 36.4 Å². The number of likely N-dealkylation sites (N-methyl/N-ethyl adjacent to an activating group) is 1. The van der Waals surface area contributed by atoms with E-state index in [9.17, 15) is 4.79 Å². The lowest BCUT2D eigenvalue weighted by atomic mass is 10.2. The standard InChI is InChI=1S/C19H21NO2/c1-3-14-20(4-2)19(21)17-10-12-18(13-11-17)22-15-16-8-6-5-7-9-16/h3,5-13H,1,4,14-15H2,2H3. The lowest BCUT2D eigenvalue weighted by Crippen LogP contribution is -2.30. The molecule has 0 aliphatic heterocycles. The van der Waals surface area contributed by atoms with Gasteiger partial charge >= 0.3 is 0 Å². The summed E-state index contributed by atoms with van der Waals surface area (Å²) in [5, 5.41) is 0. The molecule has 3 heteroatoms. The van der Waals surface area contributed by atoms with Crippen molar-refractivity contribution >= 4 is 5.91 Å². The third-order valence-electron chi connectivity index (χ3n) is 3.37. The summed E-state index contributed by atoms with van der Waals surface area (Å²) in [4.78, 5) is 14.0. The second kappa shape index (κ2) is 8.03. The molecule has 0 aromatic heterocycles. The Morgan fingerprint density at radius 2 is 1.82 bits per heavy atom. The van der Waals surface area contributed by atoms with Crippen molar-refractivity contribution in [3.8, 4) is 5.75 Å². The van der Waals surface area contributed by atoms with Crippen molar-refractivity contribution in [2.24, 2.45) is 0 Å². The predicted molar refractivity (Wildman–Crippen MR) is 89.0 cm³/mol. The lowest BCUT2D eigenvalue weighted by Gasteiger charge is -2.19. The molecule has 2 rings (SSSR count). The summed E-state index contributed by atoms with van der Waals surface area (Å²) in [6.07, 6.45) is 1.73.